The van der Waals surface area contributed by atoms with Crippen LogP contribution in [0.15, 0.2) is 0 Å². The third-order valence-corrected chi connectivity index (χ3v) is 5.16. The average Bonchev–Trinajstić information content (AvgIpc) is 2.75. The van der Waals surface area contributed by atoms with Crippen molar-refractivity contribution in [1.82, 2.24) is 16.0 Å². The van der Waals surface area contributed by atoms with Crippen molar-refractivity contribution in [2.75, 3.05) is 0 Å². The van der Waals surface area contributed by atoms with Gasteiger partial charge in [-0.15, -0.1) is 0 Å². The Morgan fingerprint density at radius 2 is 1.17 bits per heavy atom. The Morgan fingerprint density at radius 1 is 0.743 bits per heavy atom. The number of aliphatic carboxylic acids is 1. The highest BCUT2D eigenvalue weighted by atomic mass is 16.4. The Balaban J connectivity index is 5.70. The molecule has 5 atom stereocenters. The van der Waals surface area contributed by atoms with E-state index in [-0.39, 0.29) is 25.7 Å². The van der Waals surface area contributed by atoms with Crippen LogP contribution in [0.4, 0.5) is 0 Å². The maximum atomic E-state index is 12.9. The van der Waals surface area contributed by atoms with Crippen LogP contribution in [0.25, 0.3) is 0 Å². The molecule has 15 heteroatoms. The van der Waals surface area contributed by atoms with Crippen LogP contribution in [-0.4, -0.2) is 70.7 Å². The average molecular weight is 502 g/mol. The summed E-state index contributed by atoms with van der Waals surface area (Å²) in [4.78, 5) is 82.9. The van der Waals surface area contributed by atoms with Gasteiger partial charge in [0.25, 0.3) is 0 Å². The summed E-state index contributed by atoms with van der Waals surface area (Å²) in [6.45, 7) is 3.34. The Bertz CT molecular complexity index is 819. The lowest BCUT2D eigenvalue weighted by Crippen LogP contribution is -2.58. The predicted molar refractivity (Wildman–Crippen MR) is 122 cm³/mol. The lowest BCUT2D eigenvalue weighted by atomic mass is 9.98. The second-order valence-electron chi connectivity index (χ2n) is 8.12. The van der Waals surface area contributed by atoms with Crippen molar-refractivity contribution in [3.05, 3.63) is 0 Å². The number of carboxylic acids is 1. The van der Waals surface area contributed by atoms with Gasteiger partial charge >= 0.3 is 5.97 Å². The van der Waals surface area contributed by atoms with E-state index >= 15 is 0 Å². The minimum absolute atomic E-state index is 0.266. The van der Waals surface area contributed by atoms with Crippen LogP contribution < -0.4 is 38.9 Å². The molecule has 0 aliphatic rings. The van der Waals surface area contributed by atoms with E-state index in [2.05, 4.69) is 16.0 Å². The molecular weight excluding hydrogens is 466 g/mol. The molecule has 0 aliphatic carbocycles. The molecule has 5 unspecified atom stereocenters. The minimum Gasteiger partial charge on any atom is -0.480 e. The zero-order chi connectivity index (χ0) is 27.3. The monoisotopic (exact) mass is 501 g/mol. The zero-order valence-corrected chi connectivity index (χ0v) is 19.7. The molecule has 0 saturated heterocycles. The van der Waals surface area contributed by atoms with E-state index in [1.54, 1.807) is 13.8 Å². The van der Waals surface area contributed by atoms with Gasteiger partial charge in [-0.25, -0.2) is 4.79 Å². The fourth-order valence-electron chi connectivity index (χ4n) is 2.91. The van der Waals surface area contributed by atoms with E-state index in [1.807, 2.05) is 0 Å². The van der Waals surface area contributed by atoms with E-state index in [0.29, 0.717) is 6.42 Å². The summed E-state index contributed by atoms with van der Waals surface area (Å²) in [7, 11) is 0. The van der Waals surface area contributed by atoms with Crippen molar-refractivity contribution in [2.45, 2.75) is 76.5 Å². The minimum atomic E-state index is -1.40. The number of nitrogens with two attached hydrogens (primary N) is 4. The third kappa shape index (κ3) is 12.3. The second kappa shape index (κ2) is 15.2. The van der Waals surface area contributed by atoms with Gasteiger partial charge in [0.05, 0.1) is 12.5 Å². The summed E-state index contributed by atoms with van der Waals surface area (Å²) in [5.41, 5.74) is 20.8. The molecule has 15 nitrogen and oxygen atoms in total. The maximum absolute atomic E-state index is 12.9. The molecule has 35 heavy (non-hydrogen) atoms. The van der Waals surface area contributed by atoms with Gasteiger partial charge in [-0.2, -0.15) is 0 Å². The number of carbonyl (C=O) groups excluding carboxylic acids is 6. The van der Waals surface area contributed by atoms with Crippen LogP contribution in [0.1, 0.15) is 52.4 Å². The van der Waals surface area contributed by atoms with Crippen molar-refractivity contribution in [3.8, 4) is 0 Å². The highest BCUT2D eigenvalue weighted by Crippen LogP contribution is 2.10. The van der Waals surface area contributed by atoms with Gasteiger partial charge in [0, 0.05) is 12.8 Å². The first kappa shape index (κ1) is 31.2. The Labute approximate surface area is 202 Å². The lowest BCUT2D eigenvalue weighted by Gasteiger charge is -2.26. The highest BCUT2D eigenvalue weighted by molar-refractivity contribution is 5.95. The van der Waals surface area contributed by atoms with Crippen molar-refractivity contribution in [3.63, 3.8) is 0 Å². The molecule has 0 aromatic heterocycles. The summed E-state index contributed by atoms with van der Waals surface area (Å²) >= 11 is 0. The first-order chi connectivity index (χ1) is 16.2. The molecule has 198 valence electrons. The molecule has 0 radical (unpaired) electrons. The van der Waals surface area contributed by atoms with Gasteiger partial charge in [-0.05, 0) is 18.8 Å². The summed E-state index contributed by atoms with van der Waals surface area (Å²) in [5.74, 6) is -6.90. The number of hydrogen-bond donors (Lipinski definition) is 8. The van der Waals surface area contributed by atoms with Crippen molar-refractivity contribution in [1.29, 1.82) is 0 Å². The number of carbonyl (C=O) groups is 7. The molecule has 0 bridgehead atoms. The molecule has 0 spiro atoms. The first-order valence-electron chi connectivity index (χ1n) is 10.9. The molecule has 0 aromatic rings. The smallest absolute Gasteiger partial charge is 0.326 e. The largest absolute Gasteiger partial charge is 0.480 e. The van der Waals surface area contributed by atoms with E-state index < -0.39 is 77.9 Å². The quantitative estimate of drug-likeness (QED) is 0.0971. The zero-order valence-electron chi connectivity index (χ0n) is 19.7. The highest BCUT2D eigenvalue weighted by Gasteiger charge is 2.32. The van der Waals surface area contributed by atoms with E-state index in [0.717, 1.165) is 0 Å². The lowest BCUT2D eigenvalue weighted by molar-refractivity contribution is -0.144. The van der Waals surface area contributed by atoms with Crippen LogP contribution in [0, 0.1) is 5.92 Å². The summed E-state index contributed by atoms with van der Waals surface area (Å²) in [5, 5.41) is 16.3. The van der Waals surface area contributed by atoms with Crippen LogP contribution in [0.3, 0.4) is 0 Å². The van der Waals surface area contributed by atoms with Gasteiger partial charge in [-0.3, -0.25) is 28.8 Å². The Kier molecular flexibility index (Phi) is 13.6. The molecule has 0 aliphatic heterocycles. The molecule has 0 heterocycles. The molecule has 12 N–H and O–H groups in total. The van der Waals surface area contributed by atoms with Crippen molar-refractivity contribution in [2.24, 2.45) is 28.9 Å². The van der Waals surface area contributed by atoms with Crippen LogP contribution >= 0.6 is 0 Å². The Hall–Kier alpha value is -3.75. The first-order valence-corrected chi connectivity index (χ1v) is 10.9. The molecule has 0 saturated carbocycles. The maximum Gasteiger partial charge on any atom is 0.326 e. The number of amides is 6. The number of rotatable bonds is 17. The molecule has 0 rings (SSSR count). The van der Waals surface area contributed by atoms with E-state index in [4.69, 9.17) is 22.9 Å². The second-order valence-corrected chi connectivity index (χ2v) is 8.12. The molecular formula is C20H35N7O8. The van der Waals surface area contributed by atoms with Crippen molar-refractivity contribution >= 4 is 41.4 Å². The number of nitrogens with one attached hydrogen (secondary N) is 3. The summed E-state index contributed by atoms with van der Waals surface area (Å²) in [6.07, 6.45) is -1.26. The van der Waals surface area contributed by atoms with E-state index in [1.165, 1.54) is 0 Å². The van der Waals surface area contributed by atoms with Gasteiger partial charge in [0.15, 0.2) is 0 Å². The fraction of sp³-hybridized carbons (Fsp3) is 0.650. The van der Waals surface area contributed by atoms with Crippen molar-refractivity contribution < 1.29 is 38.7 Å². The topological polar surface area (TPSA) is 280 Å². The standard InChI is InChI=1S/C20H35N7O8/c1-3-9(2)16(20(34)35)27-19(33)12(5-7-14(23)29)26-18(32)11(4-6-13(22)28)25-17(31)10(21)8-15(24)30/h9-12,16H,3-8,21H2,1-2H3,(H2,22,28)(H2,23,29)(H2,24,30)(H,25,31)(H,26,32)(H,27,33)(H,34,35). The third-order valence-electron chi connectivity index (χ3n) is 5.16. The molecule has 6 amide bonds. The summed E-state index contributed by atoms with van der Waals surface area (Å²) < 4.78 is 0. The fourth-order valence-corrected chi connectivity index (χ4v) is 2.91. The number of hydrogen-bond acceptors (Lipinski definition) is 8. The van der Waals surface area contributed by atoms with Gasteiger partial charge in [0.2, 0.25) is 35.4 Å². The van der Waals surface area contributed by atoms with Crippen LogP contribution in [0.2, 0.25) is 0 Å². The van der Waals surface area contributed by atoms with Crippen LogP contribution in [-0.2, 0) is 33.6 Å². The predicted octanol–water partition coefficient (Wildman–Crippen LogP) is -3.69. The molecule has 0 fully saturated rings. The molecule has 0 aromatic carbocycles. The Morgan fingerprint density at radius 3 is 1.54 bits per heavy atom. The van der Waals surface area contributed by atoms with Gasteiger partial charge in [0.1, 0.15) is 18.1 Å². The SMILES string of the molecule is CCC(C)C(NC(=O)C(CCC(N)=O)NC(=O)C(CCC(N)=O)NC(=O)C(N)CC(N)=O)C(=O)O. The van der Waals surface area contributed by atoms with Crippen LogP contribution in [0.5, 0.6) is 0 Å². The van der Waals surface area contributed by atoms with Gasteiger partial charge < -0.3 is 44.0 Å². The summed E-state index contributed by atoms with van der Waals surface area (Å²) in [6, 6.07) is -5.44. The number of carboxylic acid groups (broad SMARTS) is 1. The van der Waals surface area contributed by atoms with E-state index in [9.17, 15) is 38.7 Å². The number of primary amides is 3. The normalized spacial score (nSPS) is 14.9. The van der Waals surface area contributed by atoms with Gasteiger partial charge in [-0.1, -0.05) is 20.3 Å².